The minimum Gasteiger partial charge on any atom is -0.470 e. The smallest absolute Gasteiger partial charge is 0.260 e. The third kappa shape index (κ3) is 6.74. The van der Waals surface area contributed by atoms with Gasteiger partial charge in [-0.05, 0) is 63.0 Å². The molecule has 39 heavy (non-hydrogen) atoms. The van der Waals surface area contributed by atoms with Crippen LogP contribution < -0.4 is 10.1 Å². The molecule has 0 unspecified atom stereocenters. The van der Waals surface area contributed by atoms with Gasteiger partial charge in [0.1, 0.15) is 18.4 Å². The van der Waals surface area contributed by atoms with Gasteiger partial charge in [-0.2, -0.15) is 0 Å². The predicted octanol–water partition coefficient (Wildman–Crippen LogP) is 6.42. The first kappa shape index (κ1) is 27.6. The Bertz CT molecular complexity index is 1380. The van der Waals surface area contributed by atoms with Crippen molar-refractivity contribution in [3.05, 3.63) is 119 Å². The fourth-order valence-electron chi connectivity index (χ4n) is 4.47. The zero-order chi connectivity index (χ0) is 28.0. The van der Waals surface area contributed by atoms with Crippen LogP contribution in [0.2, 0.25) is 0 Å². The van der Waals surface area contributed by atoms with Crippen molar-refractivity contribution in [2.75, 3.05) is 0 Å². The van der Waals surface area contributed by atoms with E-state index < -0.39 is 17.6 Å². The standard InChI is InChI=1S/C32H35N3O4/c1-22(25-17-11-7-12-18-25)35(31(37)26-19-13-8-14-20-26)28(29(36)33-32(3,4)5)27-23(2)39-34-30(27)38-21-24-15-9-6-10-16-24/h6-20,22,28H,21H2,1-5H3,(H,33,36)/t22-,28+/m0/s1. The summed E-state index contributed by atoms with van der Waals surface area (Å²) in [7, 11) is 0. The predicted molar refractivity (Wildman–Crippen MR) is 150 cm³/mol. The number of carbonyl (C=O) groups excluding carboxylic acids is 2. The van der Waals surface area contributed by atoms with E-state index in [1.165, 1.54) is 0 Å². The van der Waals surface area contributed by atoms with Crippen LogP contribution in [0.15, 0.2) is 95.5 Å². The van der Waals surface area contributed by atoms with E-state index in [4.69, 9.17) is 9.26 Å². The summed E-state index contributed by atoms with van der Waals surface area (Å²) in [5, 5.41) is 7.23. The van der Waals surface area contributed by atoms with E-state index in [-0.39, 0.29) is 24.3 Å². The molecule has 4 aromatic rings. The van der Waals surface area contributed by atoms with E-state index in [1.54, 1.807) is 24.0 Å². The van der Waals surface area contributed by atoms with Crippen molar-refractivity contribution in [1.29, 1.82) is 0 Å². The molecule has 7 nitrogen and oxygen atoms in total. The van der Waals surface area contributed by atoms with Gasteiger partial charge in [0.25, 0.3) is 11.8 Å². The largest absolute Gasteiger partial charge is 0.470 e. The Morgan fingerprint density at radius 1 is 0.923 bits per heavy atom. The first-order valence-corrected chi connectivity index (χ1v) is 13.0. The van der Waals surface area contributed by atoms with Crippen molar-refractivity contribution in [1.82, 2.24) is 15.4 Å². The third-order valence-corrected chi connectivity index (χ3v) is 6.35. The number of amides is 2. The van der Waals surface area contributed by atoms with Gasteiger partial charge in [-0.1, -0.05) is 78.9 Å². The lowest BCUT2D eigenvalue weighted by atomic mass is 9.97. The van der Waals surface area contributed by atoms with Crippen LogP contribution in [0.3, 0.4) is 0 Å². The first-order valence-electron chi connectivity index (χ1n) is 13.0. The van der Waals surface area contributed by atoms with E-state index in [2.05, 4.69) is 10.5 Å². The number of ether oxygens (including phenoxy) is 1. The lowest BCUT2D eigenvalue weighted by Gasteiger charge is -2.37. The Hall–Kier alpha value is -4.39. The minimum absolute atomic E-state index is 0.177. The topological polar surface area (TPSA) is 84.7 Å². The van der Waals surface area contributed by atoms with Crippen molar-refractivity contribution in [2.24, 2.45) is 0 Å². The van der Waals surface area contributed by atoms with Gasteiger partial charge in [-0.15, -0.1) is 0 Å². The van der Waals surface area contributed by atoms with Crippen molar-refractivity contribution < 1.29 is 18.8 Å². The van der Waals surface area contributed by atoms with Gasteiger partial charge in [0.2, 0.25) is 5.91 Å². The second-order valence-corrected chi connectivity index (χ2v) is 10.5. The fourth-order valence-corrected chi connectivity index (χ4v) is 4.47. The van der Waals surface area contributed by atoms with Crippen LogP contribution in [-0.4, -0.2) is 27.4 Å². The van der Waals surface area contributed by atoms with Gasteiger partial charge >= 0.3 is 0 Å². The highest BCUT2D eigenvalue weighted by Crippen LogP contribution is 2.39. The van der Waals surface area contributed by atoms with E-state index in [0.29, 0.717) is 16.9 Å². The molecule has 4 rings (SSSR count). The average molecular weight is 526 g/mol. The van der Waals surface area contributed by atoms with Gasteiger partial charge in [0.15, 0.2) is 0 Å². The molecular weight excluding hydrogens is 490 g/mol. The number of carbonyl (C=O) groups is 2. The van der Waals surface area contributed by atoms with Crippen molar-refractivity contribution in [3.8, 4) is 5.88 Å². The van der Waals surface area contributed by atoms with Crippen LogP contribution in [0.1, 0.15) is 72.6 Å². The molecule has 0 radical (unpaired) electrons. The third-order valence-electron chi connectivity index (χ3n) is 6.35. The normalized spacial score (nSPS) is 12.8. The fraction of sp³-hybridized carbons (Fsp3) is 0.281. The SMILES string of the molecule is Cc1onc(OCc2ccccc2)c1[C@H](C(=O)NC(C)(C)C)N(C(=O)c1ccccc1)[C@@H](C)c1ccccc1. The Balaban J connectivity index is 1.85. The van der Waals surface area contributed by atoms with Crippen molar-refractivity contribution in [3.63, 3.8) is 0 Å². The van der Waals surface area contributed by atoms with Crippen LogP contribution in [0.25, 0.3) is 0 Å². The molecular formula is C32H35N3O4. The summed E-state index contributed by atoms with van der Waals surface area (Å²) in [6.45, 7) is 9.58. The maximum absolute atomic E-state index is 14.2. The van der Waals surface area contributed by atoms with Crippen LogP contribution in [-0.2, 0) is 11.4 Å². The monoisotopic (exact) mass is 525 g/mol. The highest BCUT2D eigenvalue weighted by atomic mass is 16.5. The molecule has 1 heterocycles. The summed E-state index contributed by atoms with van der Waals surface area (Å²) in [6.07, 6.45) is 0. The maximum Gasteiger partial charge on any atom is 0.260 e. The number of rotatable bonds is 9. The minimum atomic E-state index is -1.08. The summed E-state index contributed by atoms with van der Waals surface area (Å²) in [5.41, 5.74) is 2.16. The molecule has 0 spiro atoms. The highest BCUT2D eigenvalue weighted by molar-refractivity contribution is 5.98. The zero-order valence-corrected chi connectivity index (χ0v) is 23.0. The summed E-state index contributed by atoms with van der Waals surface area (Å²) in [5.74, 6) is -0.0733. The highest BCUT2D eigenvalue weighted by Gasteiger charge is 2.41. The Morgan fingerprint density at radius 3 is 2.08 bits per heavy atom. The summed E-state index contributed by atoms with van der Waals surface area (Å²) in [4.78, 5) is 29.9. The van der Waals surface area contributed by atoms with Crippen molar-refractivity contribution >= 4 is 11.8 Å². The van der Waals surface area contributed by atoms with Gasteiger partial charge < -0.3 is 19.5 Å². The summed E-state index contributed by atoms with van der Waals surface area (Å²) < 4.78 is 11.7. The number of benzene rings is 3. The number of aryl methyl sites for hydroxylation is 1. The number of hydrogen-bond acceptors (Lipinski definition) is 5. The molecule has 0 aliphatic carbocycles. The summed E-state index contributed by atoms with van der Waals surface area (Å²) in [6, 6.07) is 26.7. The molecule has 3 aromatic carbocycles. The summed E-state index contributed by atoms with van der Waals surface area (Å²) >= 11 is 0. The molecule has 1 aromatic heterocycles. The molecule has 0 bridgehead atoms. The quantitative estimate of drug-likeness (QED) is 0.273. The molecule has 0 saturated carbocycles. The van der Waals surface area contributed by atoms with Gasteiger partial charge in [-0.3, -0.25) is 9.59 Å². The number of nitrogens with one attached hydrogen (secondary N) is 1. The zero-order valence-electron chi connectivity index (χ0n) is 23.0. The average Bonchev–Trinajstić information content (AvgIpc) is 3.29. The lowest BCUT2D eigenvalue weighted by molar-refractivity contribution is -0.128. The van der Waals surface area contributed by atoms with Gasteiger partial charge in [-0.25, -0.2) is 0 Å². The second-order valence-electron chi connectivity index (χ2n) is 10.5. The lowest BCUT2D eigenvalue weighted by Crippen LogP contribution is -2.50. The van der Waals surface area contributed by atoms with Crippen molar-refractivity contribution in [2.45, 2.75) is 58.8 Å². The Kier molecular flexibility index (Phi) is 8.49. The Labute approximate surface area is 229 Å². The van der Waals surface area contributed by atoms with Crippen LogP contribution in [0.5, 0.6) is 5.88 Å². The number of aromatic nitrogens is 1. The number of nitrogens with zero attached hydrogens (tertiary/aromatic N) is 2. The molecule has 0 saturated heterocycles. The molecule has 0 aliphatic rings. The van der Waals surface area contributed by atoms with Crippen LogP contribution in [0.4, 0.5) is 0 Å². The molecule has 1 N–H and O–H groups in total. The first-order chi connectivity index (χ1) is 18.7. The van der Waals surface area contributed by atoms with Gasteiger partial charge in [0, 0.05) is 11.1 Å². The van der Waals surface area contributed by atoms with Crippen LogP contribution in [0, 0.1) is 6.92 Å². The maximum atomic E-state index is 14.2. The second kappa shape index (κ2) is 12.0. The molecule has 0 fully saturated rings. The van der Waals surface area contributed by atoms with E-state index in [0.717, 1.165) is 11.1 Å². The van der Waals surface area contributed by atoms with E-state index in [9.17, 15) is 9.59 Å². The molecule has 2 amide bonds. The van der Waals surface area contributed by atoms with Crippen LogP contribution >= 0.6 is 0 Å². The van der Waals surface area contributed by atoms with Gasteiger partial charge in [0.05, 0.1) is 11.6 Å². The molecule has 7 heteroatoms. The van der Waals surface area contributed by atoms with E-state index in [1.807, 2.05) is 107 Å². The molecule has 0 aliphatic heterocycles. The Morgan fingerprint density at radius 2 is 1.49 bits per heavy atom. The van der Waals surface area contributed by atoms with E-state index >= 15 is 0 Å². The molecule has 2 atom stereocenters. The number of hydrogen-bond donors (Lipinski definition) is 1. The molecule has 202 valence electrons.